The molecule has 0 aromatic heterocycles. The molecule has 1 saturated carbocycles. The third-order valence-corrected chi connectivity index (χ3v) is 20.6. The summed E-state index contributed by atoms with van der Waals surface area (Å²) < 4.78 is 64.6. The van der Waals surface area contributed by atoms with Gasteiger partial charge in [-0.2, -0.15) is 0 Å². The standard InChI is InChI=1S/C82H97N5O24/c1-45-30-54-58(86(78(98)60-33-50(39-84(60)76(54)96)48-14-18-52(102-6)19-15-48)44-105-41-46-12-23-65(56(31-46)63(89)38-82(2,3)4)110-67-25-22-62(88)71(91)73(67)93)36-68(45)106-27-10-9-11-28-107-70-37-59-55(35-69(70)104-8)77(97)85-40-51(49-16-20-53(103-7)21-17-49)34-61(85)79(99)87(59)81(100)109-42-47-13-24-66(57(32-47)75(95)83-26-29-101-5)111-80-74(94)72(92)64(90)43-108-80/h12-21,23-24,30-32,35-37,39-40,60-62,64,67,71-74,78-80,88,90-94,98-99H,9-11,22,25-29,33-34,38,41-44H2,1-8H3,(H,83,95)/t60-,61-,62+,64+,67+,71-,72-,73-,74+,78?,79?,80-/m0/s1. The topological polar surface area (TPSA) is 374 Å². The molecule has 9 N–H and O–H groups in total. The number of hydrogen-bond donors (Lipinski definition) is 9. The smallest absolute Gasteiger partial charge is 0.416 e. The van der Waals surface area contributed by atoms with Gasteiger partial charge in [0.15, 0.2) is 23.5 Å². The number of rotatable bonds is 29. The molecule has 111 heavy (non-hydrogen) atoms. The number of anilines is 2. The van der Waals surface area contributed by atoms with E-state index in [9.17, 15) is 64.8 Å². The summed E-state index contributed by atoms with van der Waals surface area (Å²) in [6, 6.07) is 28.5. The Hall–Kier alpha value is -9.89. The van der Waals surface area contributed by atoms with E-state index in [2.05, 4.69) is 5.32 Å². The van der Waals surface area contributed by atoms with Crippen molar-refractivity contribution in [3.05, 3.63) is 172 Å². The number of nitrogens with zero attached hydrogens (tertiary/aromatic N) is 4. The van der Waals surface area contributed by atoms with E-state index in [4.69, 9.17) is 52.1 Å². The van der Waals surface area contributed by atoms with E-state index in [-0.39, 0.29) is 135 Å². The zero-order valence-corrected chi connectivity index (χ0v) is 63.2. The molecule has 0 spiro atoms. The van der Waals surface area contributed by atoms with Crippen molar-refractivity contribution in [3.63, 3.8) is 0 Å². The second kappa shape index (κ2) is 35.2. The van der Waals surface area contributed by atoms with Crippen LogP contribution in [0.2, 0.25) is 0 Å². The van der Waals surface area contributed by atoms with Gasteiger partial charge in [-0.15, -0.1) is 0 Å². The highest BCUT2D eigenvalue weighted by atomic mass is 16.7. The van der Waals surface area contributed by atoms with Gasteiger partial charge in [0, 0.05) is 44.6 Å². The summed E-state index contributed by atoms with van der Waals surface area (Å²) in [4.78, 5) is 78.0. The Labute approximate surface area is 642 Å². The van der Waals surface area contributed by atoms with Crippen LogP contribution in [0.4, 0.5) is 16.2 Å². The molecule has 0 radical (unpaired) electrons. The number of ether oxygens (including phenoxy) is 11. The molecule has 29 nitrogen and oxygen atoms in total. The number of ketones is 1. The first-order valence-corrected chi connectivity index (χ1v) is 37.0. The lowest BCUT2D eigenvalue weighted by molar-refractivity contribution is -0.242. The third kappa shape index (κ3) is 18.0. The summed E-state index contributed by atoms with van der Waals surface area (Å²) in [6.07, 6.45) is -9.10. The first kappa shape index (κ1) is 80.6. The zero-order valence-electron chi connectivity index (χ0n) is 63.2. The van der Waals surface area contributed by atoms with Gasteiger partial charge in [0.05, 0.1) is 106 Å². The van der Waals surface area contributed by atoms with E-state index in [1.165, 1.54) is 49.5 Å². The van der Waals surface area contributed by atoms with E-state index in [1.54, 1.807) is 78.9 Å². The van der Waals surface area contributed by atoms with Crippen LogP contribution in [-0.2, 0) is 32.2 Å². The monoisotopic (exact) mass is 1540 g/mol. The normalized spacial score (nSPS) is 23.6. The third-order valence-electron chi connectivity index (χ3n) is 20.6. The Morgan fingerprint density at radius 3 is 1.76 bits per heavy atom. The van der Waals surface area contributed by atoms with Crippen molar-refractivity contribution >= 4 is 52.1 Å². The van der Waals surface area contributed by atoms with Crippen molar-refractivity contribution in [1.82, 2.24) is 15.1 Å². The van der Waals surface area contributed by atoms with Crippen LogP contribution in [0, 0.1) is 12.3 Å². The Morgan fingerprint density at radius 1 is 0.568 bits per heavy atom. The van der Waals surface area contributed by atoms with Crippen LogP contribution >= 0.6 is 0 Å². The second-order valence-electron chi connectivity index (χ2n) is 29.6. The fourth-order valence-corrected chi connectivity index (χ4v) is 14.4. The summed E-state index contributed by atoms with van der Waals surface area (Å²) in [7, 11) is 5.99. The molecule has 5 heterocycles. The predicted octanol–water partition coefficient (Wildman–Crippen LogP) is 7.38. The van der Waals surface area contributed by atoms with E-state index in [1.807, 2.05) is 64.1 Å². The maximum Gasteiger partial charge on any atom is 0.416 e. The van der Waals surface area contributed by atoms with Gasteiger partial charge in [0.2, 0.25) is 6.29 Å². The average molecular weight is 1540 g/mol. The molecule has 4 amide bonds. The highest BCUT2D eigenvalue weighted by molar-refractivity contribution is 6.07. The molecule has 6 aromatic carbocycles. The molecular formula is C82H97N5O24. The van der Waals surface area contributed by atoms with Crippen LogP contribution in [0.25, 0.3) is 11.1 Å². The Morgan fingerprint density at radius 2 is 1.14 bits per heavy atom. The molecule has 12 rings (SSSR count). The number of aliphatic hydroxyl groups excluding tert-OH is 8. The Bertz CT molecular complexity index is 4410. The molecule has 0 bridgehead atoms. The SMILES string of the molecule is COCCNC(=O)c1cc(COC(=O)N2c3cc(OCCCCCOc4cc5c(cc4C)C(=O)N4C=C(c6ccc(OC)cc6)C[C@H]4C(O)N5COCc4ccc(O[C@@H]5CC[C@@H](O)[C@H](O)[C@H]5O)c(C(=O)CC(C)(C)C)c4)c(OC)cc3C(=O)N3C=C(c4ccc(OC)cc4)C[C@H]3C2O)ccc1O[C@@H]1OC[C@@H](O)[C@H](O)[C@H]1O. The number of unbranched alkanes of at least 4 members (excludes halogenated alkanes) is 2. The quantitative estimate of drug-likeness (QED) is 0.0163. The van der Waals surface area contributed by atoms with Crippen LogP contribution in [0.5, 0.6) is 40.2 Å². The Balaban J connectivity index is 0.753. The van der Waals surface area contributed by atoms with Gasteiger partial charge in [-0.05, 0) is 157 Å². The maximum atomic E-state index is 14.9. The van der Waals surface area contributed by atoms with Gasteiger partial charge >= 0.3 is 6.09 Å². The fourth-order valence-electron chi connectivity index (χ4n) is 14.4. The van der Waals surface area contributed by atoms with Crippen LogP contribution in [-0.4, -0.2) is 222 Å². The lowest BCUT2D eigenvalue weighted by Crippen LogP contribution is -2.54. The molecule has 12 atom stereocenters. The number of aliphatic hydroxyl groups is 8. The highest BCUT2D eigenvalue weighted by Crippen LogP contribution is 2.46. The van der Waals surface area contributed by atoms with Crippen LogP contribution in [0.15, 0.2) is 122 Å². The van der Waals surface area contributed by atoms with Gasteiger partial charge < -0.3 is 113 Å². The number of aryl methyl sites for hydroxylation is 1. The van der Waals surface area contributed by atoms with Gasteiger partial charge in [-0.1, -0.05) is 57.2 Å². The van der Waals surface area contributed by atoms with E-state index in [0.29, 0.717) is 70.9 Å². The van der Waals surface area contributed by atoms with E-state index in [0.717, 1.165) is 21.6 Å². The summed E-state index contributed by atoms with van der Waals surface area (Å²) in [5, 5.41) is 90.5. The average Bonchev–Trinajstić information content (AvgIpc) is 1.61. The summed E-state index contributed by atoms with van der Waals surface area (Å²) in [5.41, 5.74) is 4.96. The molecule has 1 saturated heterocycles. The lowest BCUT2D eigenvalue weighted by Gasteiger charge is -2.35. The minimum atomic E-state index is -1.72. The van der Waals surface area contributed by atoms with Crippen molar-refractivity contribution in [3.8, 4) is 40.2 Å². The predicted molar refractivity (Wildman–Crippen MR) is 402 cm³/mol. The molecule has 2 unspecified atom stereocenters. The number of amides is 4. The van der Waals surface area contributed by atoms with Crippen LogP contribution in [0.3, 0.4) is 0 Å². The summed E-state index contributed by atoms with van der Waals surface area (Å²) in [6.45, 7) is 7.12. The van der Waals surface area contributed by atoms with Crippen molar-refractivity contribution in [2.75, 3.05) is 77.9 Å². The molecular weight excluding hydrogens is 1440 g/mol. The van der Waals surface area contributed by atoms with E-state index >= 15 is 0 Å². The summed E-state index contributed by atoms with van der Waals surface area (Å²) in [5.74, 6) is 0.363. The second-order valence-corrected chi connectivity index (χ2v) is 29.6. The number of hydrogen-bond acceptors (Lipinski definition) is 25. The summed E-state index contributed by atoms with van der Waals surface area (Å²) >= 11 is 0. The lowest BCUT2D eigenvalue weighted by atomic mass is 9.87. The molecule has 6 aliphatic rings. The van der Waals surface area contributed by atoms with Crippen molar-refractivity contribution < 1.29 is 117 Å². The van der Waals surface area contributed by atoms with Gasteiger partial charge in [0.25, 0.3) is 17.7 Å². The number of methoxy groups -OCH3 is 4. The number of carbonyl (C=O) groups is 5. The van der Waals surface area contributed by atoms with Crippen LogP contribution in [0.1, 0.15) is 141 Å². The largest absolute Gasteiger partial charge is 0.497 e. The van der Waals surface area contributed by atoms with Gasteiger partial charge in [-0.25, -0.2) is 9.69 Å². The maximum absolute atomic E-state index is 14.9. The molecule has 594 valence electrons. The van der Waals surface area contributed by atoms with Gasteiger partial charge in [0.1, 0.15) is 84.9 Å². The Kier molecular flexibility index (Phi) is 25.6. The number of fused-ring (bicyclic) bond motifs is 4. The number of Topliss-reactive ketones (excluding diaryl/α,β-unsaturated/α-hetero) is 1. The molecule has 2 fully saturated rings. The van der Waals surface area contributed by atoms with Crippen molar-refractivity contribution in [2.45, 2.75) is 166 Å². The van der Waals surface area contributed by atoms with Crippen molar-refractivity contribution in [2.24, 2.45) is 5.41 Å². The number of benzene rings is 6. The highest BCUT2D eigenvalue weighted by Gasteiger charge is 2.48. The first-order chi connectivity index (χ1) is 53.3. The number of carbonyl (C=O) groups excluding carboxylic acids is 5. The molecule has 6 aromatic rings. The molecule has 5 aliphatic heterocycles. The fraction of sp³-hybridized carbons (Fsp3) is 0.451. The number of nitrogens with one attached hydrogen (secondary N) is 1. The molecule has 29 heteroatoms. The van der Waals surface area contributed by atoms with Crippen molar-refractivity contribution in [1.29, 1.82) is 0 Å². The van der Waals surface area contributed by atoms with Crippen LogP contribution < -0.4 is 48.3 Å². The minimum absolute atomic E-state index is 0.0287. The molecule has 1 aliphatic carbocycles. The first-order valence-electron chi connectivity index (χ1n) is 37.0. The zero-order chi connectivity index (χ0) is 79.1. The van der Waals surface area contributed by atoms with E-state index < -0.39 is 103 Å². The minimum Gasteiger partial charge on any atom is -0.497 e. The van der Waals surface area contributed by atoms with Gasteiger partial charge in [-0.3, -0.25) is 19.2 Å².